The number of nitrogens with one attached hydrogen (secondary N) is 1. The van der Waals surface area contributed by atoms with Gasteiger partial charge >= 0.3 is 0 Å². The van der Waals surface area contributed by atoms with Crippen LogP contribution >= 0.6 is 12.4 Å². The largest absolute Gasteiger partial charge is 0.491 e. The number of hydrogen-bond acceptors (Lipinski definition) is 4. The fraction of sp³-hybridized carbons (Fsp3) is 0.263. The highest BCUT2D eigenvalue weighted by atomic mass is 35.5. The molecule has 3 aromatic rings. The molecule has 1 N–H and O–H groups in total. The molecule has 1 heterocycles. The molecule has 3 rings (SSSR count). The first kappa shape index (κ1) is 19.9. The van der Waals surface area contributed by atoms with Gasteiger partial charge in [0.2, 0.25) is 0 Å². The van der Waals surface area contributed by atoms with Crippen molar-refractivity contribution in [3.05, 3.63) is 53.8 Å². The number of ether oxygens (including phenoxy) is 1. The third-order valence-corrected chi connectivity index (χ3v) is 3.67. The monoisotopic (exact) mass is 376 g/mol. The van der Waals surface area contributed by atoms with Gasteiger partial charge in [-0.05, 0) is 50.8 Å². The first-order valence-electron chi connectivity index (χ1n) is 8.16. The molecule has 26 heavy (non-hydrogen) atoms. The van der Waals surface area contributed by atoms with Crippen molar-refractivity contribution >= 4 is 12.4 Å². The molecule has 0 aliphatic carbocycles. The van der Waals surface area contributed by atoms with Crippen molar-refractivity contribution in [1.29, 1.82) is 0 Å². The maximum atomic E-state index is 14.0. The van der Waals surface area contributed by atoms with Crippen LogP contribution in [0.25, 0.3) is 22.8 Å². The number of aromatic nitrogens is 3. The van der Waals surface area contributed by atoms with E-state index in [1.165, 1.54) is 11.6 Å². The summed E-state index contributed by atoms with van der Waals surface area (Å²) in [5.74, 6) is 0.938. The maximum Gasteiger partial charge on any atom is 0.181 e. The van der Waals surface area contributed by atoms with Crippen LogP contribution in [0.1, 0.15) is 12.5 Å². The molecule has 0 spiro atoms. The second kappa shape index (κ2) is 8.78. The SMILES string of the molecule is CCOc1ccc(-c2nc(-c3cccc(CN(C)C)c3)n[nH]2)cc1F.Cl. The topological polar surface area (TPSA) is 54.0 Å². The number of rotatable bonds is 6. The zero-order valence-corrected chi connectivity index (χ0v) is 15.8. The van der Waals surface area contributed by atoms with E-state index in [9.17, 15) is 4.39 Å². The van der Waals surface area contributed by atoms with E-state index in [0.717, 1.165) is 12.1 Å². The van der Waals surface area contributed by atoms with Crippen LogP contribution in [0, 0.1) is 5.82 Å². The van der Waals surface area contributed by atoms with Crippen LogP contribution in [0.5, 0.6) is 5.75 Å². The van der Waals surface area contributed by atoms with Crippen molar-refractivity contribution in [2.45, 2.75) is 13.5 Å². The molecule has 2 aromatic carbocycles. The molecule has 1 aromatic heterocycles. The summed E-state index contributed by atoms with van der Waals surface area (Å²) >= 11 is 0. The van der Waals surface area contributed by atoms with E-state index in [-0.39, 0.29) is 18.2 Å². The molecular weight excluding hydrogens is 355 g/mol. The van der Waals surface area contributed by atoms with Gasteiger partial charge < -0.3 is 9.64 Å². The third kappa shape index (κ3) is 4.59. The Bertz CT molecular complexity index is 866. The summed E-state index contributed by atoms with van der Waals surface area (Å²) in [5, 5.41) is 7.15. The predicted molar refractivity (Wildman–Crippen MR) is 103 cm³/mol. The summed E-state index contributed by atoms with van der Waals surface area (Å²) in [5.41, 5.74) is 2.73. The van der Waals surface area contributed by atoms with Crippen molar-refractivity contribution < 1.29 is 9.13 Å². The standard InChI is InChI=1S/C19H21FN4O.ClH/c1-4-25-17-9-8-15(11-16(17)20)19-21-18(22-23-19)14-7-5-6-13(10-14)12-24(2)3;/h5-11H,4,12H2,1-3H3,(H,21,22,23);1H. The fourth-order valence-electron chi connectivity index (χ4n) is 2.61. The zero-order chi connectivity index (χ0) is 17.8. The summed E-state index contributed by atoms with van der Waals surface area (Å²) in [4.78, 5) is 6.60. The molecule has 0 amide bonds. The quantitative estimate of drug-likeness (QED) is 0.701. The second-order valence-corrected chi connectivity index (χ2v) is 6.02. The second-order valence-electron chi connectivity index (χ2n) is 6.02. The molecule has 7 heteroatoms. The number of aromatic amines is 1. The van der Waals surface area contributed by atoms with Gasteiger partial charge in [0.05, 0.1) is 6.61 Å². The summed E-state index contributed by atoms with van der Waals surface area (Å²) in [7, 11) is 4.05. The van der Waals surface area contributed by atoms with Crippen LogP contribution in [-0.2, 0) is 6.54 Å². The van der Waals surface area contributed by atoms with Crippen LogP contribution < -0.4 is 4.74 Å². The Hall–Kier alpha value is -2.44. The Labute approximate surface area is 158 Å². The van der Waals surface area contributed by atoms with Gasteiger partial charge in [0.15, 0.2) is 23.2 Å². The molecule has 0 bridgehead atoms. The summed E-state index contributed by atoms with van der Waals surface area (Å²) in [6, 6.07) is 12.9. The van der Waals surface area contributed by atoms with Crippen LogP contribution in [0.3, 0.4) is 0 Å². The molecular formula is C19H22ClFN4O. The van der Waals surface area contributed by atoms with Gasteiger partial charge in [0, 0.05) is 17.7 Å². The Morgan fingerprint density at radius 3 is 2.62 bits per heavy atom. The van der Waals surface area contributed by atoms with Gasteiger partial charge in [-0.1, -0.05) is 18.2 Å². The van der Waals surface area contributed by atoms with Gasteiger partial charge in [-0.15, -0.1) is 12.4 Å². The minimum atomic E-state index is -0.412. The van der Waals surface area contributed by atoms with E-state index in [1.807, 2.05) is 33.2 Å². The summed E-state index contributed by atoms with van der Waals surface area (Å²) in [6.07, 6.45) is 0. The van der Waals surface area contributed by atoms with E-state index in [0.29, 0.717) is 23.8 Å². The molecule has 0 fully saturated rings. The Kier molecular flexibility index (Phi) is 6.71. The van der Waals surface area contributed by atoms with Crippen LogP contribution in [0.4, 0.5) is 4.39 Å². The lowest BCUT2D eigenvalue weighted by Gasteiger charge is -2.09. The highest BCUT2D eigenvalue weighted by Gasteiger charge is 2.11. The molecule has 0 saturated heterocycles. The average molecular weight is 377 g/mol. The Balaban J connectivity index is 0.00000243. The van der Waals surface area contributed by atoms with Crippen LogP contribution in [-0.4, -0.2) is 40.8 Å². The van der Waals surface area contributed by atoms with E-state index in [4.69, 9.17) is 4.74 Å². The Morgan fingerprint density at radius 2 is 1.92 bits per heavy atom. The fourth-order valence-corrected chi connectivity index (χ4v) is 2.61. The predicted octanol–water partition coefficient (Wildman–Crippen LogP) is 4.16. The van der Waals surface area contributed by atoms with E-state index in [2.05, 4.69) is 32.2 Å². The van der Waals surface area contributed by atoms with Gasteiger partial charge in [-0.3, -0.25) is 5.10 Å². The zero-order valence-electron chi connectivity index (χ0n) is 15.0. The van der Waals surface area contributed by atoms with Crippen LogP contribution in [0.15, 0.2) is 42.5 Å². The molecule has 0 saturated carbocycles. The van der Waals surface area contributed by atoms with E-state index < -0.39 is 5.82 Å². The van der Waals surface area contributed by atoms with Crippen molar-refractivity contribution in [1.82, 2.24) is 20.1 Å². The highest BCUT2D eigenvalue weighted by Crippen LogP contribution is 2.25. The van der Waals surface area contributed by atoms with E-state index >= 15 is 0 Å². The van der Waals surface area contributed by atoms with Crippen LogP contribution in [0.2, 0.25) is 0 Å². The smallest absolute Gasteiger partial charge is 0.181 e. The maximum absolute atomic E-state index is 14.0. The molecule has 0 unspecified atom stereocenters. The number of H-pyrrole nitrogens is 1. The van der Waals surface area contributed by atoms with Gasteiger partial charge in [0.25, 0.3) is 0 Å². The van der Waals surface area contributed by atoms with Crippen molar-refractivity contribution in [3.8, 4) is 28.5 Å². The third-order valence-electron chi connectivity index (χ3n) is 3.67. The highest BCUT2D eigenvalue weighted by molar-refractivity contribution is 5.85. The lowest BCUT2D eigenvalue weighted by Crippen LogP contribution is -2.10. The number of halogens is 2. The Morgan fingerprint density at radius 1 is 1.12 bits per heavy atom. The molecule has 0 aliphatic rings. The lowest BCUT2D eigenvalue weighted by molar-refractivity contribution is 0.321. The minimum Gasteiger partial charge on any atom is -0.491 e. The first-order valence-corrected chi connectivity index (χ1v) is 8.16. The lowest BCUT2D eigenvalue weighted by atomic mass is 10.1. The minimum absolute atomic E-state index is 0. The number of benzene rings is 2. The van der Waals surface area contributed by atoms with Crippen molar-refractivity contribution in [2.75, 3.05) is 20.7 Å². The van der Waals surface area contributed by atoms with Gasteiger partial charge in [-0.25, -0.2) is 9.37 Å². The van der Waals surface area contributed by atoms with Gasteiger partial charge in [-0.2, -0.15) is 5.10 Å². The number of nitrogens with zero attached hydrogens (tertiary/aromatic N) is 3. The normalized spacial score (nSPS) is 10.7. The summed E-state index contributed by atoms with van der Waals surface area (Å²) in [6.45, 7) is 3.09. The van der Waals surface area contributed by atoms with E-state index in [1.54, 1.807) is 12.1 Å². The molecule has 138 valence electrons. The number of hydrogen-bond donors (Lipinski definition) is 1. The molecule has 5 nitrogen and oxygen atoms in total. The average Bonchev–Trinajstić information content (AvgIpc) is 3.06. The molecule has 0 aliphatic heterocycles. The van der Waals surface area contributed by atoms with Crippen molar-refractivity contribution in [2.24, 2.45) is 0 Å². The van der Waals surface area contributed by atoms with Crippen molar-refractivity contribution in [3.63, 3.8) is 0 Å². The molecule has 0 atom stereocenters. The first-order chi connectivity index (χ1) is 12.1. The molecule has 0 radical (unpaired) electrons. The van der Waals surface area contributed by atoms with Gasteiger partial charge in [0.1, 0.15) is 0 Å². The summed E-state index contributed by atoms with van der Waals surface area (Å²) < 4.78 is 19.3.